The number of nitrogens with one attached hydrogen (secondary N) is 1. The van der Waals surface area contributed by atoms with E-state index in [1.165, 1.54) is 30.2 Å². The highest BCUT2D eigenvalue weighted by Gasteiger charge is 2.23. The molecule has 4 rings (SSSR count). The Hall–Kier alpha value is -3.54. The molecule has 1 amide bonds. The predicted molar refractivity (Wildman–Crippen MR) is 153 cm³/mol. The van der Waals surface area contributed by atoms with Crippen molar-refractivity contribution >= 4 is 51.6 Å². The number of aromatic nitrogens is 3. The van der Waals surface area contributed by atoms with Crippen molar-refractivity contribution in [2.24, 2.45) is 7.05 Å². The number of hydrogen-bond donors (Lipinski definition) is 1. The van der Waals surface area contributed by atoms with E-state index in [1.54, 1.807) is 23.8 Å². The fourth-order valence-corrected chi connectivity index (χ4v) is 5.58. The number of thioether (sulfide) groups is 1. The monoisotopic (exact) mass is 586 g/mol. The lowest BCUT2D eigenvalue weighted by Gasteiger charge is -2.10. The van der Waals surface area contributed by atoms with Gasteiger partial charge in [-0.3, -0.25) is 4.79 Å². The van der Waals surface area contributed by atoms with E-state index in [1.807, 2.05) is 50.5 Å². The third kappa shape index (κ3) is 6.55. The first-order valence-corrected chi connectivity index (χ1v) is 14.0. The van der Waals surface area contributed by atoms with Crippen LogP contribution in [0, 0.1) is 13.8 Å². The number of carbonyl (C=O) groups is 2. The first-order chi connectivity index (χ1) is 18.7. The van der Waals surface area contributed by atoms with Gasteiger partial charge in [0.1, 0.15) is 28.7 Å². The van der Waals surface area contributed by atoms with Crippen LogP contribution in [0.5, 0.6) is 11.5 Å². The lowest BCUT2D eigenvalue weighted by atomic mass is 10.0. The van der Waals surface area contributed by atoms with Crippen molar-refractivity contribution in [2.75, 3.05) is 25.3 Å². The van der Waals surface area contributed by atoms with E-state index < -0.39 is 5.97 Å². The van der Waals surface area contributed by atoms with E-state index in [4.69, 9.17) is 25.8 Å². The van der Waals surface area contributed by atoms with Crippen molar-refractivity contribution < 1.29 is 23.8 Å². The zero-order chi connectivity index (χ0) is 28.1. The van der Waals surface area contributed by atoms with Crippen molar-refractivity contribution in [1.29, 1.82) is 0 Å². The number of ether oxygens (including phenoxy) is 3. The second-order valence-corrected chi connectivity index (χ2v) is 10.7. The maximum atomic E-state index is 12.8. The van der Waals surface area contributed by atoms with Crippen molar-refractivity contribution in [3.05, 3.63) is 69.3 Å². The van der Waals surface area contributed by atoms with E-state index in [0.717, 1.165) is 21.7 Å². The Morgan fingerprint density at radius 1 is 1.08 bits per heavy atom. The number of nitrogens with zero attached hydrogens (tertiary/aromatic N) is 3. The topological polar surface area (TPSA) is 105 Å². The Morgan fingerprint density at radius 3 is 2.41 bits per heavy atom. The number of carbonyl (C=O) groups excluding carboxylic acids is 2. The van der Waals surface area contributed by atoms with E-state index in [9.17, 15) is 9.59 Å². The van der Waals surface area contributed by atoms with E-state index >= 15 is 0 Å². The number of esters is 1. The summed E-state index contributed by atoms with van der Waals surface area (Å²) in [6.07, 6.45) is 0. The van der Waals surface area contributed by atoms with Crippen molar-refractivity contribution in [2.45, 2.75) is 25.6 Å². The summed E-state index contributed by atoms with van der Waals surface area (Å²) in [5.74, 6) is 1.25. The molecule has 39 heavy (non-hydrogen) atoms. The minimum absolute atomic E-state index is 0.0682. The summed E-state index contributed by atoms with van der Waals surface area (Å²) >= 11 is 8.72. The number of amides is 1. The Morgan fingerprint density at radius 2 is 1.77 bits per heavy atom. The van der Waals surface area contributed by atoms with Crippen LogP contribution in [0.25, 0.3) is 11.1 Å². The van der Waals surface area contributed by atoms with Gasteiger partial charge in [0.05, 0.1) is 20.0 Å². The molecule has 9 nitrogen and oxygen atoms in total. The number of benzene rings is 2. The molecule has 0 unspecified atom stereocenters. The van der Waals surface area contributed by atoms with E-state index in [-0.39, 0.29) is 18.3 Å². The number of hydrogen-bond acceptors (Lipinski definition) is 9. The van der Waals surface area contributed by atoms with Gasteiger partial charge in [-0.2, -0.15) is 0 Å². The molecule has 0 saturated heterocycles. The average molecular weight is 587 g/mol. The molecule has 0 saturated carbocycles. The van der Waals surface area contributed by atoms with Gasteiger partial charge in [0.2, 0.25) is 5.91 Å². The van der Waals surface area contributed by atoms with Crippen LogP contribution in [0.2, 0.25) is 5.02 Å². The maximum absolute atomic E-state index is 12.8. The predicted octanol–water partition coefficient (Wildman–Crippen LogP) is 5.92. The van der Waals surface area contributed by atoms with Gasteiger partial charge in [-0.05, 0) is 54.8 Å². The third-order valence-corrected chi connectivity index (χ3v) is 8.38. The van der Waals surface area contributed by atoms with Gasteiger partial charge in [-0.15, -0.1) is 21.5 Å². The Labute approximate surface area is 239 Å². The van der Waals surface area contributed by atoms with Gasteiger partial charge >= 0.3 is 5.97 Å². The molecule has 0 spiro atoms. The molecule has 1 N–H and O–H groups in total. The van der Waals surface area contributed by atoms with Crippen LogP contribution in [0.4, 0.5) is 5.00 Å². The van der Waals surface area contributed by atoms with Gasteiger partial charge in [0, 0.05) is 23.0 Å². The molecule has 0 aliphatic carbocycles. The molecule has 0 radical (unpaired) electrons. The quantitative estimate of drug-likeness (QED) is 0.180. The lowest BCUT2D eigenvalue weighted by molar-refractivity contribution is -0.113. The van der Waals surface area contributed by atoms with Crippen molar-refractivity contribution in [3.8, 4) is 22.6 Å². The number of aryl methyl sites for hydroxylation is 2. The summed E-state index contributed by atoms with van der Waals surface area (Å²) in [7, 11) is 4.71. The molecule has 4 aromatic rings. The second-order valence-electron chi connectivity index (χ2n) is 8.53. The maximum Gasteiger partial charge on any atom is 0.341 e. The summed E-state index contributed by atoms with van der Waals surface area (Å²) in [5, 5.41) is 14.7. The van der Waals surface area contributed by atoms with Gasteiger partial charge in [0.25, 0.3) is 0 Å². The summed E-state index contributed by atoms with van der Waals surface area (Å²) in [5.41, 5.74) is 3.64. The van der Waals surface area contributed by atoms with Gasteiger partial charge < -0.3 is 24.1 Å². The van der Waals surface area contributed by atoms with E-state index in [0.29, 0.717) is 38.6 Å². The first-order valence-electron chi connectivity index (χ1n) is 11.8. The SMILES string of the molecule is COC(=O)c1c(-c2ccc(OC)cc2)csc1NC(=O)CSc1nnc(COc2cc(C)c(Cl)c(C)c2)n1C. The molecule has 0 atom stereocenters. The van der Waals surface area contributed by atoms with E-state index in [2.05, 4.69) is 15.5 Å². The number of thiophene rings is 1. The molecule has 2 heterocycles. The largest absolute Gasteiger partial charge is 0.497 e. The van der Waals surface area contributed by atoms with Crippen molar-refractivity contribution in [3.63, 3.8) is 0 Å². The zero-order valence-electron chi connectivity index (χ0n) is 22.0. The fourth-order valence-electron chi connectivity index (χ4n) is 3.76. The van der Waals surface area contributed by atoms with Crippen LogP contribution in [-0.4, -0.2) is 46.6 Å². The molecule has 0 bridgehead atoms. The highest BCUT2D eigenvalue weighted by molar-refractivity contribution is 7.99. The highest BCUT2D eigenvalue weighted by Crippen LogP contribution is 2.37. The molecule has 0 aliphatic heterocycles. The fraction of sp³-hybridized carbons (Fsp3) is 0.259. The summed E-state index contributed by atoms with van der Waals surface area (Å²) in [6, 6.07) is 11.1. The summed E-state index contributed by atoms with van der Waals surface area (Å²) < 4.78 is 17.9. The van der Waals surface area contributed by atoms with Crippen LogP contribution in [0.15, 0.2) is 46.9 Å². The minimum Gasteiger partial charge on any atom is -0.497 e. The van der Waals surface area contributed by atoms with Gasteiger partial charge in [0.15, 0.2) is 11.0 Å². The number of methoxy groups -OCH3 is 2. The second kappa shape index (κ2) is 12.5. The Kier molecular flexibility index (Phi) is 9.16. The van der Waals surface area contributed by atoms with Crippen LogP contribution in [-0.2, 0) is 23.2 Å². The highest BCUT2D eigenvalue weighted by atomic mass is 35.5. The standard InChI is InChI=1S/C27H27ClN4O5S2/c1-15-10-19(11-16(2)24(15)28)37-12-21-30-31-27(32(21)3)39-14-22(33)29-25-23(26(34)36-5)20(13-38-25)17-6-8-18(35-4)9-7-17/h6-11,13H,12,14H2,1-5H3,(H,29,33). The number of rotatable bonds is 10. The molecule has 0 aliphatic rings. The third-order valence-electron chi connectivity index (χ3n) is 5.87. The zero-order valence-corrected chi connectivity index (χ0v) is 24.4. The van der Waals surface area contributed by atoms with Gasteiger partial charge in [-0.1, -0.05) is 35.5 Å². The van der Waals surface area contributed by atoms with Crippen molar-refractivity contribution in [1.82, 2.24) is 14.8 Å². The smallest absolute Gasteiger partial charge is 0.341 e. The molecule has 12 heteroatoms. The molecular weight excluding hydrogens is 560 g/mol. The normalized spacial score (nSPS) is 10.8. The van der Waals surface area contributed by atoms with Crippen LogP contribution >= 0.6 is 34.7 Å². The number of halogens is 1. The molecule has 204 valence electrons. The van der Waals surface area contributed by atoms with Crippen LogP contribution < -0.4 is 14.8 Å². The van der Waals surface area contributed by atoms with Crippen LogP contribution in [0.3, 0.4) is 0 Å². The average Bonchev–Trinajstić information content (AvgIpc) is 3.51. The molecule has 2 aromatic heterocycles. The molecule has 2 aromatic carbocycles. The number of anilines is 1. The summed E-state index contributed by atoms with van der Waals surface area (Å²) in [4.78, 5) is 25.4. The minimum atomic E-state index is -0.533. The van der Waals surface area contributed by atoms with Crippen LogP contribution in [0.1, 0.15) is 27.3 Å². The Bertz CT molecular complexity index is 1480. The molecular formula is C27H27ClN4O5S2. The first kappa shape index (κ1) is 28.5. The van der Waals surface area contributed by atoms with Gasteiger partial charge in [-0.25, -0.2) is 4.79 Å². The molecule has 0 fully saturated rings. The summed E-state index contributed by atoms with van der Waals surface area (Å²) in [6.45, 7) is 4.06. The lowest BCUT2D eigenvalue weighted by Crippen LogP contribution is -2.16. The Balaban J connectivity index is 1.40.